The van der Waals surface area contributed by atoms with Gasteiger partial charge in [-0.25, -0.2) is 0 Å². The molecule has 2 aromatic heterocycles. The Bertz CT molecular complexity index is 1170. The Labute approximate surface area is 150 Å². The van der Waals surface area contributed by atoms with Crippen LogP contribution in [0.5, 0.6) is 0 Å². The molecule has 130 valence electrons. The second-order valence-electron chi connectivity index (χ2n) is 6.46. The van der Waals surface area contributed by atoms with E-state index in [1.165, 1.54) is 17.0 Å². The molecule has 0 aliphatic heterocycles. The van der Waals surface area contributed by atoms with E-state index in [1.54, 1.807) is 18.2 Å². The minimum atomic E-state index is -0.275. The van der Waals surface area contributed by atoms with Crippen molar-refractivity contribution in [3.8, 4) is 0 Å². The van der Waals surface area contributed by atoms with Gasteiger partial charge in [-0.05, 0) is 42.7 Å². The number of nitrogens with one attached hydrogen (secondary N) is 3. The molecule has 0 fully saturated rings. The van der Waals surface area contributed by atoms with Crippen molar-refractivity contribution in [2.24, 2.45) is 0 Å². The Morgan fingerprint density at radius 2 is 1.88 bits per heavy atom. The third kappa shape index (κ3) is 2.99. The SMILES string of the molecule is Cc1ccc2c(CCNC(=O)c3cc(=O)c4ccccc4[nH]3)c[nH]c2c1. The summed E-state index contributed by atoms with van der Waals surface area (Å²) in [5.74, 6) is -0.275. The number of aromatic nitrogens is 2. The molecule has 2 aromatic carbocycles. The number of H-pyrrole nitrogens is 2. The standard InChI is InChI=1S/C21H19N3O2/c1-13-6-7-15-14(12-23-18(15)10-13)8-9-22-21(26)19-11-20(25)16-4-2-3-5-17(16)24-19/h2-7,10-12,23H,8-9H2,1H3,(H,22,26)(H,24,25). The van der Waals surface area contributed by atoms with Crippen LogP contribution in [0.15, 0.2) is 59.5 Å². The molecule has 0 atom stereocenters. The largest absolute Gasteiger partial charge is 0.361 e. The van der Waals surface area contributed by atoms with Crippen LogP contribution >= 0.6 is 0 Å². The van der Waals surface area contributed by atoms with Crippen LogP contribution in [0.3, 0.4) is 0 Å². The zero-order chi connectivity index (χ0) is 18.1. The number of aromatic amines is 2. The van der Waals surface area contributed by atoms with E-state index >= 15 is 0 Å². The Balaban J connectivity index is 1.48. The lowest BCUT2D eigenvalue weighted by Gasteiger charge is -2.06. The van der Waals surface area contributed by atoms with Crippen LogP contribution in [0.25, 0.3) is 21.8 Å². The number of carbonyl (C=O) groups excluding carboxylic acids is 1. The van der Waals surface area contributed by atoms with Crippen LogP contribution in [0, 0.1) is 6.92 Å². The molecule has 0 aliphatic carbocycles. The molecular formula is C21H19N3O2. The van der Waals surface area contributed by atoms with Gasteiger partial charge in [0.2, 0.25) is 0 Å². The topological polar surface area (TPSA) is 77.8 Å². The highest BCUT2D eigenvalue weighted by Crippen LogP contribution is 2.19. The molecule has 0 unspecified atom stereocenters. The molecule has 26 heavy (non-hydrogen) atoms. The first-order valence-electron chi connectivity index (χ1n) is 8.59. The molecule has 0 saturated heterocycles. The maximum atomic E-state index is 12.4. The molecule has 0 saturated carbocycles. The number of pyridine rings is 1. The van der Waals surface area contributed by atoms with Crippen molar-refractivity contribution < 1.29 is 4.79 Å². The van der Waals surface area contributed by atoms with Crippen LogP contribution in [0.1, 0.15) is 21.6 Å². The molecule has 4 rings (SSSR count). The highest BCUT2D eigenvalue weighted by molar-refractivity contribution is 5.94. The number of benzene rings is 2. The average molecular weight is 345 g/mol. The molecule has 0 aliphatic rings. The summed E-state index contributed by atoms with van der Waals surface area (Å²) < 4.78 is 0. The third-order valence-corrected chi connectivity index (χ3v) is 4.58. The number of para-hydroxylation sites is 1. The van der Waals surface area contributed by atoms with Crippen LogP contribution in [-0.4, -0.2) is 22.4 Å². The predicted octanol–water partition coefficient (Wildman–Crippen LogP) is 3.29. The average Bonchev–Trinajstić information content (AvgIpc) is 3.03. The van der Waals surface area contributed by atoms with Gasteiger partial charge in [0.25, 0.3) is 5.91 Å². The van der Waals surface area contributed by atoms with Crippen LogP contribution in [0.2, 0.25) is 0 Å². The van der Waals surface area contributed by atoms with Gasteiger partial charge in [0.05, 0.1) is 0 Å². The molecule has 1 amide bonds. The van der Waals surface area contributed by atoms with Gasteiger partial charge in [-0.2, -0.15) is 0 Å². The number of rotatable bonds is 4. The van der Waals surface area contributed by atoms with Crippen molar-refractivity contribution in [3.05, 3.63) is 81.8 Å². The second kappa shape index (κ2) is 6.52. The number of carbonyl (C=O) groups is 1. The fourth-order valence-corrected chi connectivity index (χ4v) is 3.23. The van der Waals surface area contributed by atoms with Gasteiger partial charge >= 0.3 is 0 Å². The van der Waals surface area contributed by atoms with Gasteiger partial charge in [0, 0.05) is 40.6 Å². The Hall–Kier alpha value is -3.34. The Morgan fingerprint density at radius 3 is 2.77 bits per heavy atom. The van der Waals surface area contributed by atoms with E-state index in [1.807, 2.05) is 12.3 Å². The number of aryl methyl sites for hydroxylation is 1. The summed E-state index contributed by atoms with van der Waals surface area (Å²) in [6, 6.07) is 14.8. The van der Waals surface area contributed by atoms with Crippen LogP contribution in [-0.2, 0) is 6.42 Å². The lowest BCUT2D eigenvalue weighted by Crippen LogP contribution is -2.27. The lowest BCUT2D eigenvalue weighted by molar-refractivity contribution is 0.0949. The quantitative estimate of drug-likeness (QED) is 0.531. The lowest BCUT2D eigenvalue weighted by atomic mass is 10.1. The van der Waals surface area contributed by atoms with E-state index < -0.39 is 0 Å². The first-order valence-corrected chi connectivity index (χ1v) is 8.59. The Morgan fingerprint density at radius 1 is 1.04 bits per heavy atom. The zero-order valence-corrected chi connectivity index (χ0v) is 14.4. The van der Waals surface area contributed by atoms with Crippen molar-refractivity contribution in [3.63, 3.8) is 0 Å². The summed E-state index contributed by atoms with van der Waals surface area (Å²) in [6.45, 7) is 2.55. The minimum absolute atomic E-state index is 0.156. The molecule has 3 N–H and O–H groups in total. The third-order valence-electron chi connectivity index (χ3n) is 4.58. The van der Waals surface area contributed by atoms with Crippen molar-refractivity contribution >= 4 is 27.7 Å². The molecule has 4 aromatic rings. The van der Waals surface area contributed by atoms with Gasteiger partial charge in [0.1, 0.15) is 5.69 Å². The summed E-state index contributed by atoms with van der Waals surface area (Å²) in [7, 11) is 0. The predicted molar refractivity (Wildman–Crippen MR) is 104 cm³/mol. The molecule has 5 nitrogen and oxygen atoms in total. The fraction of sp³-hybridized carbons (Fsp3) is 0.143. The number of hydrogen-bond donors (Lipinski definition) is 3. The molecule has 0 bridgehead atoms. The summed E-state index contributed by atoms with van der Waals surface area (Å²) in [5.41, 5.74) is 4.26. The Kier molecular flexibility index (Phi) is 4.05. The number of amides is 1. The minimum Gasteiger partial charge on any atom is -0.361 e. The summed E-state index contributed by atoms with van der Waals surface area (Å²) in [6.07, 6.45) is 2.70. The zero-order valence-electron chi connectivity index (χ0n) is 14.4. The van der Waals surface area contributed by atoms with E-state index in [4.69, 9.17) is 0 Å². The van der Waals surface area contributed by atoms with Crippen LogP contribution in [0.4, 0.5) is 0 Å². The highest BCUT2D eigenvalue weighted by atomic mass is 16.2. The summed E-state index contributed by atoms with van der Waals surface area (Å²) in [4.78, 5) is 30.8. The maximum Gasteiger partial charge on any atom is 0.267 e. The number of hydrogen-bond acceptors (Lipinski definition) is 2. The van der Waals surface area contributed by atoms with Gasteiger partial charge in [-0.3, -0.25) is 9.59 Å². The first kappa shape index (κ1) is 16.1. The monoisotopic (exact) mass is 345 g/mol. The maximum absolute atomic E-state index is 12.4. The van der Waals surface area contributed by atoms with Crippen molar-refractivity contribution in [1.82, 2.24) is 15.3 Å². The van der Waals surface area contributed by atoms with Gasteiger partial charge < -0.3 is 15.3 Å². The normalized spacial score (nSPS) is 11.1. The number of fused-ring (bicyclic) bond motifs is 2. The van der Waals surface area contributed by atoms with E-state index in [0.29, 0.717) is 23.9 Å². The van der Waals surface area contributed by atoms with Crippen molar-refractivity contribution in [1.29, 1.82) is 0 Å². The summed E-state index contributed by atoms with van der Waals surface area (Å²) >= 11 is 0. The molecule has 2 heterocycles. The van der Waals surface area contributed by atoms with E-state index in [0.717, 1.165) is 11.1 Å². The fourth-order valence-electron chi connectivity index (χ4n) is 3.23. The molecular weight excluding hydrogens is 326 g/mol. The van der Waals surface area contributed by atoms with E-state index in [9.17, 15) is 9.59 Å². The molecule has 0 spiro atoms. The second-order valence-corrected chi connectivity index (χ2v) is 6.46. The van der Waals surface area contributed by atoms with E-state index in [2.05, 4.69) is 40.4 Å². The van der Waals surface area contributed by atoms with Crippen molar-refractivity contribution in [2.75, 3.05) is 6.54 Å². The smallest absolute Gasteiger partial charge is 0.267 e. The van der Waals surface area contributed by atoms with Gasteiger partial charge in [-0.15, -0.1) is 0 Å². The van der Waals surface area contributed by atoms with Crippen LogP contribution < -0.4 is 10.7 Å². The first-order chi connectivity index (χ1) is 12.6. The molecule has 5 heteroatoms. The van der Waals surface area contributed by atoms with Gasteiger partial charge in [0.15, 0.2) is 5.43 Å². The summed E-state index contributed by atoms with van der Waals surface area (Å²) in [5, 5.41) is 4.63. The van der Waals surface area contributed by atoms with E-state index in [-0.39, 0.29) is 17.0 Å². The molecule has 0 radical (unpaired) electrons. The van der Waals surface area contributed by atoms with Gasteiger partial charge in [-0.1, -0.05) is 24.3 Å². The van der Waals surface area contributed by atoms with Crippen molar-refractivity contribution in [2.45, 2.75) is 13.3 Å². The highest BCUT2D eigenvalue weighted by Gasteiger charge is 2.10.